The van der Waals surface area contributed by atoms with E-state index in [1.165, 1.54) is 4.90 Å². The van der Waals surface area contributed by atoms with Gasteiger partial charge in [-0.15, -0.1) is 11.8 Å². The molecule has 0 radical (unpaired) electrons. The SMILES string of the molecule is CSc1cc[n+](Cc2ccco2)cc1. The molecule has 0 fully saturated rings. The van der Waals surface area contributed by atoms with Gasteiger partial charge in [-0.1, -0.05) is 0 Å². The van der Waals surface area contributed by atoms with Crippen LogP contribution < -0.4 is 4.57 Å². The molecule has 0 aliphatic carbocycles. The number of aromatic nitrogens is 1. The van der Waals surface area contributed by atoms with Crippen LogP contribution in [-0.4, -0.2) is 6.26 Å². The summed E-state index contributed by atoms with van der Waals surface area (Å²) in [5, 5.41) is 0. The Morgan fingerprint density at radius 2 is 2.07 bits per heavy atom. The van der Waals surface area contributed by atoms with E-state index in [2.05, 4.69) is 35.3 Å². The Morgan fingerprint density at radius 1 is 1.29 bits per heavy atom. The van der Waals surface area contributed by atoms with Gasteiger partial charge in [-0.3, -0.25) is 0 Å². The van der Waals surface area contributed by atoms with Gasteiger partial charge in [0.2, 0.25) is 6.54 Å². The lowest BCUT2D eigenvalue weighted by atomic mass is 10.4. The van der Waals surface area contributed by atoms with Gasteiger partial charge >= 0.3 is 0 Å². The smallest absolute Gasteiger partial charge is 0.205 e. The highest BCUT2D eigenvalue weighted by atomic mass is 32.2. The van der Waals surface area contributed by atoms with Gasteiger partial charge in [0.15, 0.2) is 18.2 Å². The van der Waals surface area contributed by atoms with E-state index >= 15 is 0 Å². The highest BCUT2D eigenvalue weighted by molar-refractivity contribution is 7.98. The molecule has 0 bridgehead atoms. The fourth-order valence-electron chi connectivity index (χ4n) is 1.27. The van der Waals surface area contributed by atoms with Crippen LogP contribution in [-0.2, 0) is 6.54 Å². The molecule has 0 aromatic carbocycles. The van der Waals surface area contributed by atoms with E-state index in [1.807, 2.05) is 12.1 Å². The Morgan fingerprint density at radius 3 is 2.64 bits per heavy atom. The maximum atomic E-state index is 5.27. The van der Waals surface area contributed by atoms with Crippen LogP contribution in [0.5, 0.6) is 0 Å². The van der Waals surface area contributed by atoms with Gasteiger partial charge in [0.25, 0.3) is 0 Å². The summed E-state index contributed by atoms with van der Waals surface area (Å²) in [4.78, 5) is 1.28. The minimum Gasteiger partial charge on any atom is -0.463 e. The van der Waals surface area contributed by atoms with Crippen molar-refractivity contribution in [2.75, 3.05) is 6.26 Å². The van der Waals surface area contributed by atoms with Crippen LogP contribution in [0.1, 0.15) is 5.76 Å². The lowest BCUT2D eigenvalue weighted by Gasteiger charge is -1.95. The highest BCUT2D eigenvalue weighted by Crippen LogP contribution is 2.10. The van der Waals surface area contributed by atoms with E-state index in [-0.39, 0.29) is 0 Å². The summed E-state index contributed by atoms with van der Waals surface area (Å²) in [6, 6.07) is 8.10. The van der Waals surface area contributed by atoms with Crippen LogP contribution in [0.3, 0.4) is 0 Å². The van der Waals surface area contributed by atoms with Gasteiger partial charge in [-0.25, -0.2) is 0 Å². The topological polar surface area (TPSA) is 17.0 Å². The summed E-state index contributed by atoms with van der Waals surface area (Å²) < 4.78 is 7.36. The van der Waals surface area contributed by atoms with Crippen molar-refractivity contribution < 1.29 is 8.98 Å². The van der Waals surface area contributed by atoms with Crippen LogP contribution in [0, 0.1) is 0 Å². The van der Waals surface area contributed by atoms with Crippen molar-refractivity contribution >= 4 is 11.8 Å². The minimum atomic E-state index is 0.793. The van der Waals surface area contributed by atoms with Crippen molar-refractivity contribution in [3.63, 3.8) is 0 Å². The first-order valence-electron chi connectivity index (χ1n) is 4.44. The number of nitrogens with zero attached hydrogens (tertiary/aromatic N) is 1. The molecule has 0 aliphatic heterocycles. The van der Waals surface area contributed by atoms with Crippen LogP contribution in [0.15, 0.2) is 52.2 Å². The summed E-state index contributed by atoms with van der Waals surface area (Å²) in [5.41, 5.74) is 0. The molecule has 3 heteroatoms. The highest BCUT2D eigenvalue weighted by Gasteiger charge is 2.03. The third-order valence-corrected chi connectivity index (χ3v) is 2.76. The van der Waals surface area contributed by atoms with Crippen molar-refractivity contribution in [1.29, 1.82) is 0 Å². The van der Waals surface area contributed by atoms with Gasteiger partial charge in [-0.2, -0.15) is 4.57 Å². The Balaban J connectivity index is 2.10. The van der Waals surface area contributed by atoms with E-state index in [0.717, 1.165) is 12.3 Å². The minimum absolute atomic E-state index is 0.793. The fraction of sp³-hybridized carbons (Fsp3) is 0.182. The number of hydrogen-bond acceptors (Lipinski definition) is 2. The molecular weight excluding hydrogens is 194 g/mol. The second kappa shape index (κ2) is 4.33. The van der Waals surface area contributed by atoms with Crippen molar-refractivity contribution in [2.45, 2.75) is 11.4 Å². The van der Waals surface area contributed by atoms with Crippen molar-refractivity contribution in [1.82, 2.24) is 0 Å². The summed E-state index contributed by atoms with van der Waals surface area (Å²) in [6.07, 6.45) is 7.90. The van der Waals surface area contributed by atoms with Crippen molar-refractivity contribution in [3.05, 3.63) is 48.7 Å². The fourth-order valence-corrected chi connectivity index (χ4v) is 1.66. The number of pyridine rings is 1. The quantitative estimate of drug-likeness (QED) is 0.566. The molecule has 2 aromatic heterocycles. The standard InChI is InChI=1S/C11H12NOS/c1-14-11-4-6-12(7-5-11)9-10-3-2-8-13-10/h2-8H,9H2,1H3/q+1. The average Bonchev–Trinajstić information content (AvgIpc) is 2.72. The molecule has 0 N–H and O–H groups in total. The van der Waals surface area contributed by atoms with Crippen LogP contribution in [0.25, 0.3) is 0 Å². The Kier molecular flexibility index (Phi) is 2.89. The Labute approximate surface area is 87.6 Å². The third kappa shape index (κ3) is 2.17. The van der Waals surface area contributed by atoms with Crippen LogP contribution in [0.4, 0.5) is 0 Å². The number of hydrogen-bond donors (Lipinski definition) is 0. The molecule has 0 unspecified atom stereocenters. The molecule has 0 spiro atoms. The predicted octanol–water partition coefficient (Wildman–Crippen LogP) is 2.34. The second-order valence-electron chi connectivity index (χ2n) is 2.99. The van der Waals surface area contributed by atoms with Crippen molar-refractivity contribution in [2.24, 2.45) is 0 Å². The van der Waals surface area contributed by atoms with E-state index in [0.29, 0.717) is 0 Å². The van der Waals surface area contributed by atoms with Gasteiger partial charge in [0.05, 0.1) is 6.26 Å². The van der Waals surface area contributed by atoms with E-state index in [9.17, 15) is 0 Å². The van der Waals surface area contributed by atoms with E-state index < -0.39 is 0 Å². The zero-order chi connectivity index (χ0) is 9.80. The third-order valence-electron chi connectivity index (χ3n) is 2.01. The first-order chi connectivity index (χ1) is 6.88. The summed E-state index contributed by atoms with van der Waals surface area (Å²) in [7, 11) is 0. The summed E-state index contributed by atoms with van der Waals surface area (Å²) in [6.45, 7) is 0.793. The summed E-state index contributed by atoms with van der Waals surface area (Å²) >= 11 is 1.75. The molecule has 2 nitrogen and oxygen atoms in total. The molecule has 0 atom stereocenters. The normalized spacial score (nSPS) is 10.4. The molecule has 0 saturated heterocycles. The van der Waals surface area contributed by atoms with Crippen molar-refractivity contribution in [3.8, 4) is 0 Å². The number of furan rings is 1. The van der Waals surface area contributed by atoms with E-state index in [4.69, 9.17) is 4.42 Å². The van der Waals surface area contributed by atoms with E-state index in [1.54, 1.807) is 18.0 Å². The lowest BCUT2D eigenvalue weighted by Crippen LogP contribution is -2.32. The Hall–Kier alpha value is -1.22. The summed E-state index contributed by atoms with van der Waals surface area (Å²) in [5.74, 6) is 0.979. The molecule has 14 heavy (non-hydrogen) atoms. The average molecular weight is 206 g/mol. The molecule has 2 rings (SSSR count). The molecular formula is C11H12NOS+. The molecule has 0 aliphatic rings. The van der Waals surface area contributed by atoms with Gasteiger partial charge in [0.1, 0.15) is 0 Å². The zero-order valence-electron chi connectivity index (χ0n) is 8.01. The number of thioether (sulfide) groups is 1. The first kappa shape index (κ1) is 9.34. The maximum Gasteiger partial charge on any atom is 0.205 e. The number of rotatable bonds is 3. The Bertz CT molecular complexity index is 380. The second-order valence-corrected chi connectivity index (χ2v) is 3.87. The maximum absolute atomic E-state index is 5.27. The van der Waals surface area contributed by atoms with Gasteiger partial charge < -0.3 is 4.42 Å². The lowest BCUT2D eigenvalue weighted by molar-refractivity contribution is -0.690. The molecule has 0 saturated carbocycles. The zero-order valence-corrected chi connectivity index (χ0v) is 8.83. The predicted molar refractivity (Wildman–Crippen MR) is 56.2 cm³/mol. The van der Waals surface area contributed by atoms with Gasteiger partial charge in [-0.05, 0) is 18.4 Å². The molecule has 2 aromatic rings. The van der Waals surface area contributed by atoms with Crippen LogP contribution in [0.2, 0.25) is 0 Å². The molecule has 72 valence electrons. The molecule has 0 amide bonds. The van der Waals surface area contributed by atoms with Crippen LogP contribution >= 0.6 is 11.8 Å². The monoisotopic (exact) mass is 206 g/mol. The van der Waals surface area contributed by atoms with Gasteiger partial charge in [0, 0.05) is 17.0 Å². The first-order valence-corrected chi connectivity index (χ1v) is 5.66. The largest absolute Gasteiger partial charge is 0.463 e. The molecule has 2 heterocycles.